The van der Waals surface area contributed by atoms with E-state index in [0.717, 1.165) is 28.3 Å². The van der Waals surface area contributed by atoms with Crippen LogP contribution in [-0.2, 0) is 12.8 Å². The van der Waals surface area contributed by atoms with Crippen molar-refractivity contribution in [1.29, 1.82) is 0 Å². The van der Waals surface area contributed by atoms with Crippen LogP contribution in [0.4, 0.5) is 0 Å². The molecule has 0 bridgehead atoms. The molecule has 1 unspecified atom stereocenters. The Kier molecular flexibility index (Phi) is 3.61. The van der Waals surface area contributed by atoms with Crippen LogP contribution in [0.5, 0.6) is 5.75 Å². The predicted octanol–water partition coefficient (Wildman–Crippen LogP) is 1.77. The van der Waals surface area contributed by atoms with Gasteiger partial charge in [0.25, 0.3) is 0 Å². The van der Waals surface area contributed by atoms with Crippen molar-refractivity contribution in [2.24, 2.45) is 11.1 Å². The molecular formula is C13H18ClNO2. The molecule has 3 N–H and O–H groups in total. The summed E-state index contributed by atoms with van der Waals surface area (Å²) in [6, 6.07) is 3.86. The fourth-order valence-electron chi connectivity index (χ4n) is 2.13. The van der Waals surface area contributed by atoms with Crippen LogP contribution in [0, 0.1) is 5.41 Å². The van der Waals surface area contributed by atoms with Gasteiger partial charge in [-0.05, 0) is 29.7 Å². The van der Waals surface area contributed by atoms with E-state index in [4.69, 9.17) is 22.1 Å². The predicted molar refractivity (Wildman–Crippen MR) is 68.6 cm³/mol. The Morgan fingerprint density at radius 3 is 2.94 bits per heavy atom. The molecule has 1 aliphatic rings. The van der Waals surface area contributed by atoms with Crippen molar-refractivity contribution in [3.8, 4) is 5.75 Å². The number of hydrogen-bond acceptors (Lipinski definition) is 3. The number of aliphatic hydroxyl groups is 1. The number of nitrogens with two attached hydrogens (primary N) is 1. The van der Waals surface area contributed by atoms with Gasteiger partial charge < -0.3 is 15.6 Å². The number of ether oxygens (including phenoxy) is 1. The lowest BCUT2D eigenvalue weighted by molar-refractivity contribution is 0.148. The molecule has 0 spiro atoms. The van der Waals surface area contributed by atoms with E-state index in [1.54, 1.807) is 0 Å². The normalized spacial score (nSPS) is 17.4. The maximum atomic E-state index is 9.41. The van der Waals surface area contributed by atoms with Crippen LogP contribution >= 0.6 is 11.6 Å². The van der Waals surface area contributed by atoms with E-state index >= 15 is 0 Å². The molecule has 1 aromatic rings. The van der Waals surface area contributed by atoms with Crippen molar-refractivity contribution in [2.45, 2.75) is 19.8 Å². The fraction of sp³-hybridized carbons (Fsp3) is 0.538. The number of hydrogen-bond donors (Lipinski definition) is 2. The largest absolute Gasteiger partial charge is 0.493 e. The summed E-state index contributed by atoms with van der Waals surface area (Å²) in [4.78, 5) is 0. The van der Waals surface area contributed by atoms with E-state index in [1.165, 1.54) is 0 Å². The third kappa shape index (κ3) is 2.57. The number of benzene rings is 1. The summed E-state index contributed by atoms with van der Waals surface area (Å²) in [5.74, 6) is 0.933. The zero-order chi connectivity index (χ0) is 12.5. The molecule has 0 aromatic heterocycles. The van der Waals surface area contributed by atoms with Gasteiger partial charge in [-0.25, -0.2) is 0 Å². The standard InChI is InChI=1S/C13H18ClNO2/c1-13(7-15,8-16)6-10-5-11(14)4-9-2-3-17-12(9)10/h4-5,16H,2-3,6-8,15H2,1H3. The average molecular weight is 256 g/mol. The molecule has 0 saturated heterocycles. The van der Waals surface area contributed by atoms with Crippen molar-refractivity contribution < 1.29 is 9.84 Å². The van der Waals surface area contributed by atoms with Crippen LogP contribution < -0.4 is 10.5 Å². The summed E-state index contributed by atoms with van der Waals surface area (Å²) in [6.45, 7) is 3.17. The number of halogens is 1. The van der Waals surface area contributed by atoms with Crippen LogP contribution in [0.2, 0.25) is 5.02 Å². The molecule has 0 aliphatic carbocycles. The summed E-state index contributed by atoms with van der Waals surface area (Å²) >= 11 is 6.09. The van der Waals surface area contributed by atoms with Crippen molar-refractivity contribution in [3.63, 3.8) is 0 Å². The smallest absolute Gasteiger partial charge is 0.125 e. The molecule has 17 heavy (non-hydrogen) atoms. The number of rotatable bonds is 4. The first-order valence-electron chi connectivity index (χ1n) is 5.83. The Hall–Kier alpha value is -0.770. The minimum Gasteiger partial charge on any atom is -0.493 e. The van der Waals surface area contributed by atoms with E-state index in [0.29, 0.717) is 19.6 Å². The highest BCUT2D eigenvalue weighted by Gasteiger charge is 2.26. The van der Waals surface area contributed by atoms with Gasteiger partial charge in [0.1, 0.15) is 5.75 Å². The van der Waals surface area contributed by atoms with Gasteiger partial charge in [-0.1, -0.05) is 18.5 Å². The molecule has 94 valence electrons. The van der Waals surface area contributed by atoms with E-state index in [-0.39, 0.29) is 12.0 Å². The van der Waals surface area contributed by atoms with Crippen molar-refractivity contribution in [2.75, 3.05) is 19.8 Å². The molecule has 4 heteroatoms. The molecule has 3 nitrogen and oxygen atoms in total. The lowest BCUT2D eigenvalue weighted by atomic mass is 9.84. The lowest BCUT2D eigenvalue weighted by Crippen LogP contribution is -2.33. The highest BCUT2D eigenvalue weighted by atomic mass is 35.5. The van der Waals surface area contributed by atoms with Gasteiger partial charge >= 0.3 is 0 Å². The van der Waals surface area contributed by atoms with E-state index in [9.17, 15) is 5.11 Å². The molecule has 1 heterocycles. The molecule has 0 fully saturated rings. The van der Waals surface area contributed by atoms with Gasteiger partial charge in [0, 0.05) is 30.0 Å². The molecule has 1 aliphatic heterocycles. The van der Waals surface area contributed by atoms with Gasteiger partial charge in [-0.15, -0.1) is 0 Å². The molecule has 0 amide bonds. The first-order valence-corrected chi connectivity index (χ1v) is 6.21. The Morgan fingerprint density at radius 2 is 2.29 bits per heavy atom. The SMILES string of the molecule is CC(CN)(CO)Cc1cc(Cl)cc2c1OCC2. The molecule has 1 atom stereocenters. The molecule has 2 rings (SSSR count). The van der Waals surface area contributed by atoms with Gasteiger partial charge in [0.05, 0.1) is 6.61 Å². The average Bonchev–Trinajstić information content (AvgIpc) is 2.77. The summed E-state index contributed by atoms with van der Waals surface area (Å²) < 4.78 is 5.64. The van der Waals surface area contributed by atoms with E-state index < -0.39 is 0 Å². The zero-order valence-electron chi connectivity index (χ0n) is 10.0. The fourth-order valence-corrected chi connectivity index (χ4v) is 2.39. The molecule has 1 aromatic carbocycles. The minimum absolute atomic E-state index is 0.0603. The maximum absolute atomic E-state index is 9.41. The Bertz CT molecular complexity index is 416. The van der Waals surface area contributed by atoms with Gasteiger partial charge in [0.15, 0.2) is 0 Å². The first-order chi connectivity index (χ1) is 8.08. The van der Waals surface area contributed by atoms with Crippen LogP contribution in [-0.4, -0.2) is 24.9 Å². The highest BCUT2D eigenvalue weighted by molar-refractivity contribution is 6.30. The second-order valence-electron chi connectivity index (χ2n) is 5.00. The van der Waals surface area contributed by atoms with Gasteiger partial charge in [0.2, 0.25) is 0 Å². The number of fused-ring (bicyclic) bond motifs is 1. The van der Waals surface area contributed by atoms with Gasteiger partial charge in [-0.2, -0.15) is 0 Å². The second-order valence-corrected chi connectivity index (χ2v) is 5.44. The minimum atomic E-state index is -0.315. The molecular weight excluding hydrogens is 238 g/mol. The third-order valence-electron chi connectivity index (χ3n) is 3.32. The quantitative estimate of drug-likeness (QED) is 0.862. The van der Waals surface area contributed by atoms with E-state index in [2.05, 4.69) is 0 Å². The highest BCUT2D eigenvalue weighted by Crippen LogP contribution is 2.36. The Balaban J connectivity index is 2.33. The molecule has 0 radical (unpaired) electrons. The Labute approximate surface area is 107 Å². The van der Waals surface area contributed by atoms with Crippen molar-refractivity contribution in [3.05, 3.63) is 28.3 Å². The topological polar surface area (TPSA) is 55.5 Å². The monoisotopic (exact) mass is 255 g/mol. The van der Waals surface area contributed by atoms with Crippen molar-refractivity contribution in [1.82, 2.24) is 0 Å². The summed E-state index contributed by atoms with van der Waals surface area (Å²) in [5.41, 5.74) is 7.61. The zero-order valence-corrected chi connectivity index (χ0v) is 10.8. The van der Waals surface area contributed by atoms with E-state index in [1.807, 2.05) is 19.1 Å². The third-order valence-corrected chi connectivity index (χ3v) is 3.54. The number of aliphatic hydroxyl groups excluding tert-OH is 1. The van der Waals surface area contributed by atoms with Crippen LogP contribution in [0.3, 0.4) is 0 Å². The first kappa shape index (κ1) is 12.7. The van der Waals surface area contributed by atoms with Crippen LogP contribution in [0.15, 0.2) is 12.1 Å². The molecule has 0 saturated carbocycles. The second kappa shape index (κ2) is 4.84. The van der Waals surface area contributed by atoms with Crippen LogP contribution in [0.25, 0.3) is 0 Å². The summed E-state index contributed by atoms with van der Waals surface area (Å²) in [6.07, 6.45) is 1.59. The Morgan fingerprint density at radius 1 is 1.53 bits per heavy atom. The van der Waals surface area contributed by atoms with Crippen molar-refractivity contribution >= 4 is 11.6 Å². The maximum Gasteiger partial charge on any atom is 0.125 e. The van der Waals surface area contributed by atoms with Gasteiger partial charge in [-0.3, -0.25) is 0 Å². The van der Waals surface area contributed by atoms with Crippen LogP contribution in [0.1, 0.15) is 18.1 Å². The lowest BCUT2D eigenvalue weighted by Gasteiger charge is -2.26. The summed E-state index contributed by atoms with van der Waals surface area (Å²) in [7, 11) is 0. The summed E-state index contributed by atoms with van der Waals surface area (Å²) in [5, 5.41) is 10.1.